The first-order chi connectivity index (χ1) is 14.7. The van der Waals surface area contributed by atoms with Gasteiger partial charge in [0.1, 0.15) is 5.75 Å². The molecule has 1 heterocycles. The molecule has 0 aliphatic heterocycles. The number of ether oxygens (including phenoxy) is 3. The summed E-state index contributed by atoms with van der Waals surface area (Å²) >= 11 is 1.81. The lowest BCUT2D eigenvalue weighted by Crippen LogP contribution is -1.92. The summed E-state index contributed by atoms with van der Waals surface area (Å²) in [4.78, 5) is 1.26. The largest absolute Gasteiger partial charge is 0.496 e. The van der Waals surface area contributed by atoms with E-state index in [2.05, 4.69) is 60.7 Å². The van der Waals surface area contributed by atoms with Crippen LogP contribution in [0.25, 0.3) is 26.6 Å². The molecule has 0 N–H and O–H groups in total. The maximum Gasteiger partial charge on any atom is 0.160 e. The van der Waals surface area contributed by atoms with Crippen molar-refractivity contribution in [1.82, 2.24) is 0 Å². The zero-order valence-electron chi connectivity index (χ0n) is 17.3. The van der Waals surface area contributed by atoms with Crippen LogP contribution in [0.3, 0.4) is 0 Å². The minimum Gasteiger partial charge on any atom is -0.496 e. The quantitative estimate of drug-likeness (QED) is 0.330. The molecule has 0 atom stereocenters. The third kappa shape index (κ3) is 4.19. The maximum absolute atomic E-state index is 5.58. The zero-order chi connectivity index (χ0) is 20.9. The molecule has 0 spiro atoms. The monoisotopic (exact) mass is 416 g/mol. The van der Waals surface area contributed by atoms with Crippen molar-refractivity contribution in [3.8, 4) is 27.7 Å². The topological polar surface area (TPSA) is 27.7 Å². The summed E-state index contributed by atoms with van der Waals surface area (Å²) in [5.74, 6) is 2.35. The molecule has 4 rings (SSSR count). The molecular formula is C26H24O3S. The van der Waals surface area contributed by atoms with Crippen molar-refractivity contribution in [2.24, 2.45) is 0 Å². The Labute approximate surface area is 181 Å². The van der Waals surface area contributed by atoms with Crippen LogP contribution in [0.2, 0.25) is 0 Å². The van der Waals surface area contributed by atoms with Gasteiger partial charge in [-0.1, -0.05) is 36.4 Å². The molecule has 0 saturated carbocycles. The normalized spacial score (nSPS) is 11.2. The fourth-order valence-electron chi connectivity index (χ4n) is 3.47. The first-order valence-electron chi connectivity index (χ1n) is 9.76. The Bertz CT molecular complexity index is 1160. The number of allylic oxidation sites excluding steroid dienone is 1. The summed E-state index contributed by atoms with van der Waals surface area (Å²) in [6, 6.07) is 23.1. The van der Waals surface area contributed by atoms with Crippen LogP contribution in [0, 0.1) is 0 Å². The van der Waals surface area contributed by atoms with E-state index in [1.54, 1.807) is 21.3 Å². The lowest BCUT2D eigenvalue weighted by molar-refractivity contribution is 0.354. The number of rotatable bonds is 7. The third-order valence-corrected chi connectivity index (χ3v) is 6.20. The molecule has 30 heavy (non-hydrogen) atoms. The van der Waals surface area contributed by atoms with Crippen molar-refractivity contribution in [2.75, 3.05) is 21.3 Å². The van der Waals surface area contributed by atoms with Crippen molar-refractivity contribution in [3.05, 3.63) is 83.9 Å². The van der Waals surface area contributed by atoms with Gasteiger partial charge in [-0.05, 0) is 65.4 Å². The second kappa shape index (κ2) is 9.06. The second-order valence-corrected chi connectivity index (χ2v) is 7.98. The van der Waals surface area contributed by atoms with E-state index in [0.717, 1.165) is 34.8 Å². The number of benzene rings is 3. The molecule has 4 heteroatoms. The minimum atomic E-state index is 0.739. The van der Waals surface area contributed by atoms with E-state index in [1.165, 1.54) is 20.5 Å². The van der Waals surface area contributed by atoms with Gasteiger partial charge in [-0.25, -0.2) is 0 Å². The predicted molar refractivity (Wildman–Crippen MR) is 126 cm³/mol. The fraction of sp³-hybridized carbons (Fsp3) is 0.154. The highest BCUT2D eigenvalue weighted by Crippen LogP contribution is 2.36. The maximum atomic E-state index is 5.58. The van der Waals surface area contributed by atoms with E-state index in [9.17, 15) is 0 Å². The number of hydrogen-bond acceptors (Lipinski definition) is 4. The van der Waals surface area contributed by atoms with Crippen LogP contribution >= 0.6 is 11.3 Å². The van der Waals surface area contributed by atoms with Crippen LogP contribution in [-0.4, -0.2) is 21.3 Å². The van der Waals surface area contributed by atoms with Gasteiger partial charge >= 0.3 is 0 Å². The lowest BCUT2D eigenvalue weighted by atomic mass is 10.1. The van der Waals surface area contributed by atoms with Gasteiger partial charge in [0.15, 0.2) is 11.5 Å². The molecule has 152 valence electrons. The van der Waals surface area contributed by atoms with E-state index in [-0.39, 0.29) is 0 Å². The molecule has 0 unspecified atom stereocenters. The highest BCUT2D eigenvalue weighted by atomic mass is 32.1. The van der Waals surface area contributed by atoms with Gasteiger partial charge in [0.05, 0.1) is 21.3 Å². The molecule has 0 saturated heterocycles. The number of fused-ring (bicyclic) bond motifs is 1. The molecule has 4 aromatic rings. The van der Waals surface area contributed by atoms with E-state index in [0.29, 0.717) is 0 Å². The van der Waals surface area contributed by atoms with E-state index in [4.69, 9.17) is 14.2 Å². The average molecular weight is 417 g/mol. The smallest absolute Gasteiger partial charge is 0.160 e. The van der Waals surface area contributed by atoms with Crippen molar-refractivity contribution in [1.29, 1.82) is 0 Å². The van der Waals surface area contributed by atoms with Gasteiger partial charge in [-0.15, -0.1) is 11.3 Å². The van der Waals surface area contributed by atoms with Crippen LogP contribution in [-0.2, 0) is 6.42 Å². The van der Waals surface area contributed by atoms with Crippen LogP contribution in [0.1, 0.15) is 11.1 Å². The standard InChI is InChI=1S/C26H24O3S/c1-27-22-14-12-21(26-17-20-8-4-5-10-25(20)30-26)16-19(22)9-6-7-18-11-13-23(28-2)24(15-18)29-3/h4-6,8-17H,7H2,1-3H3. The van der Waals surface area contributed by atoms with Crippen LogP contribution in [0.4, 0.5) is 0 Å². The first kappa shape index (κ1) is 20.0. The van der Waals surface area contributed by atoms with E-state index >= 15 is 0 Å². The van der Waals surface area contributed by atoms with E-state index < -0.39 is 0 Å². The molecular weight excluding hydrogens is 392 g/mol. The van der Waals surface area contributed by atoms with Gasteiger partial charge in [-0.3, -0.25) is 0 Å². The third-order valence-electron chi connectivity index (χ3n) is 5.04. The number of hydrogen-bond donors (Lipinski definition) is 0. The Morgan fingerprint density at radius 1 is 0.767 bits per heavy atom. The minimum absolute atomic E-state index is 0.739. The Balaban J connectivity index is 1.59. The Morgan fingerprint density at radius 2 is 1.53 bits per heavy atom. The number of thiophene rings is 1. The van der Waals surface area contributed by atoms with Gasteiger partial charge in [0.2, 0.25) is 0 Å². The second-order valence-electron chi connectivity index (χ2n) is 6.90. The molecule has 0 amide bonds. The van der Waals surface area contributed by atoms with Crippen LogP contribution in [0.5, 0.6) is 17.2 Å². The molecule has 1 aromatic heterocycles. The van der Waals surface area contributed by atoms with Crippen molar-refractivity contribution in [3.63, 3.8) is 0 Å². The highest BCUT2D eigenvalue weighted by Gasteiger charge is 2.08. The molecule has 0 fully saturated rings. The Morgan fingerprint density at radius 3 is 2.30 bits per heavy atom. The lowest BCUT2D eigenvalue weighted by Gasteiger charge is -2.09. The summed E-state index contributed by atoms with van der Waals surface area (Å²) in [5, 5.41) is 1.28. The van der Waals surface area contributed by atoms with E-state index in [1.807, 2.05) is 29.5 Å². The predicted octanol–water partition coefficient (Wildman–Crippen LogP) is 6.85. The molecule has 0 radical (unpaired) electrons. The summed E-state index contributed by atoms with van der Waals surface area (Å²) in [6.07, 6.45) is 5.05. The average Bonchev–Trinajstić information content (AvgIpc) is 3.23. The summed E-state index contributed by atoms with van der Waals surface area (Å²) in [7, 11) is 5.01. The number of methoxy groups -OCH3 is 3. The van der Waals surface area contributed by atoms with Gasteiger partial charge in [0, 0.05) is 15.1 Å². The zero-order valence-corrected chi connectivity index (χ0v) is 18.2. The Kier molecular flexibility index (Phi) is 6.05. The highest BCUT2D eigenvalue weighted by molar-refractivity contribution is 7.22. The summed E-state index contributed by atoms with van der Waals surface area (Å²) in [6.45, 7) is 0. The fourth-order valence-corrected chi connectivity index (χ4v) is 4.53. The SMILES string of the molecule is COc1ccc(-c2cc3ccccc3s2)cc1C=CCc1ccc(OC)c(OC)c1. The molecule has 0 aliphatic rings. The van der Waals surface area contributed by atoms with Gasteiger partial charge in [0.25, 0.3) is 0 Å². The molecule has 3 nitrogen and oxygen atoms in total. The van der Waals surface area contributed by atoms with Gasteiger partial charge < -0.3 is 14.2 Å². The van der Waals surface area contributed by atoms with Crippen molar-refractivity contribution >= 4 is 27.5 Å². The van der Waals surface area contributed by atoms with Gasteiger partial charge in [-0.2, -0.15) is 0 Å². The van der Waals surface area contributed by atoms with Crippen molar-refractivity contribution in [2.45, 2.75) is 6.42 Å². The Hall–Kier alpha value is -3.24. The van der Waals surface area contributed by atoms with Crippen LogP contribution in [0.15, 0.2) is 72.8 Å². The molecule has 0 bridgehead atoms. The summed E-state index contributed by atoms with van der Waals surface area (Å²) in [5.41, 5.74) is 3.42. The first-order valence-corrected chi connectivity index (χ1v) is 10.6. The summed E-state index contributed by atoms with van der Waals surface area (Å²) < 4.78 is 17.6. The van der Waals surface area contributed by atoms with Crippen molar-refractivity contribution < 1.29 is 14.2 Å². The van der Waals surface area contributed by atoms with Crippen LogP contribution < -0.4 is 14.2 Å². The molecule has 3 aromatic carbocycles. The molecule has 0 aliphatic carbocycles.